The van der Waals surface area contributed by atoms with Crippen LogP contribution in [-0.4, -0.2) is 36.3 Å². The maximum absolute atomic E-state index is 12.3. The quantitative estimate of drug-likeness (QED) is 0.709. The zero-order valence-electron chi connectivity index (χ0n) is 16.3. The Morgan fingerprint density at radius 2 is 2.30 bits per heavy atom. The molecule has 1 fully saturated rings. The summed E-state index contributed by atoms with van der Waals surface area (Å²) in [5.41, 5.74) is 1.46. The molecule has 0 bridgehead atoms. The highest BCUT2D eigenvalue weighted by molar-refractivity contribution is 7.16. The van der Waals surface area contributed by atoms with Crippen LogP contribution in [0.1, 0.15) is 40.1 Å². The first-order chi connectivity index (χ1) is 14.6. The maximum atomic E-state index is 12.3. The number of amides is 2. The van der Waals surface area contributed by atoms with Gasteiger partial charge in [-0.05, 0) is 48.8 Å². The van der Waals surface area contributed by atoms with E-state index in [2.05, 4.69) is 11.4 Å². The van der Waals surface area contributed by atoms with Crippen LogP contribution in [0, 0.1) is 11.3 Å². The molecule has 2 amide bonds. The average molecular weight is 444 g/mol. The summed E-state index contributed by atoms with van der Waals surface area (Å²) in [6, 6.07) is 6.07. The fraction of sp³-hybridized carbons (Fsp3) is 0.381. The Kier molecular flexibility index (Phi) is 6.47. The number of hydrogen-bond donors (Lipinski definition) is 1. The summed E-state index contributed by atoms with van der Waals surface area (Å²) in [5, 5.41) is 16.2. The van der Waals surface area contributed by atoms with Crippen LogP contribution in [-0.2, 0) is 27.2 Å². The fourth-order valence-electron chi connectivity index (χ4n) is 3.50. The largest absolute Gasteiger partial charge is 0.444 e. The Balaban J connectivity index is 1.41. The third-order valence-electron chi connectivity index (χ3n) is 4.98. The molecule has 0 spiro atoms. The molecular formula is C21H21N3O4S2. The van der Waals surface area contributed by atoms with Gasteiger partial charge in [0.25, 0.3) is 0 Å². The van der Waals surface area contributed by atoms with Crippen LogP contribution in [0.5, 0.6) is 0 Å². The molecule has 9 heteroatoms. The van der Waals surface area contributed by atoms with Gasteiger partial charge in [-0.2, -0.15) is 10.3 Å². The Bertz CT molecular complexity index is 985. The zero-order chi connectivity index (χ0) is 20.9. The molecule has 2 aromatic rings. The first-order valence-electron chi connectivity index (χ1n) is 9.82. The summed E-state index contributed by atoms with van der Waals surface area (Å²) in [7, 11) is 0. The first-order valence-corrected chi connectivity index (χ1v) is 11.5. The monoisotopic (exact) mass is 443 g/mol. The van der Waals surface area contributed by atoms with Crippen molar-refractivity contribution in [2.24, 2.45) is 0 Å². The van der Waals surface area contributed by atoms with Gasteiger partial charge in [-0.15, -0.1) is 22.7 Å². The number of nitriles is 1. The topological polar surface area (TPSA) is 91.7 Å². The molecule has 3 heterocycles. The summed E-state index contributed by atoms with van der Waals surface area (Å²) < 4.78 is 5.62. The molecule has 1 N–H and O–H groups in total. The molecule has 0 saturated carbocycles. The number of anilines is 1. The van der Waals surface area contributed by atoms with E-state index in [0.717, 1.165) is 28.2 Å². The second kappa shape index (κ2) is 9.43. The lowest BCUT2D eigenvalue weighted by Crippen LogP contribution is -2.39. The molecule has 1 saturated heterocycles. The maximum Gasteiger partial charge on any atom is 0.434 e. The molecular weight excluding hydrogens is 422 g/mol. The molecule has 4 rings (SSSR count). The Morgan fingerprint density at radius 1 is 1.40 bits per heavy atom. The predicted octanol–water partition coefficient (Wildman–Crippen LogP) is 4.35. The molecule has 0 aromatic carbocycles. The molecule has 1 aliphatic carbocycles. The van der Waals surface area contributed by atoms with Gasteiger partial charge < -0.3 is 10.1 Å². The van der Waals surface area contributed by atoms with Gasteiger partial charge in [-0.1, -0.05) is 6.07 Å². The summed E-state index contributed by atoms with van der Waals surface area (Å²) in [5.74, 6) is -0.274. The minimum absolute atomic E-state index is 0.261. The van der Waals surface area contributed by atoms with Crippen molar-refractivity contribution in [3.05, 3.63) is 44.5 Å². The van der Waals surface area contributed by atoms with E-state index in [-0.39, 0.29) is 12.0 Å². The first kappa shape index (κ1) is 20.6. The summed E-state index contributed by atoms with van der Waals surface area (Å²) in [6.45, 7) is 1.08. The second-order valence-electron chi connectivity index (χ2n) is 7.05. The molecule has 2 aliphatic rings. The van der Waals surface area contributed by atoms with Crippen molar-refractivity contribution < 1.29 is 19.2 Å². The van der Waals surface area contributed by atoms with E-state index in [1.165, 1.54) is 22.5 Å². The van der Waals surface area contributed by atoms with E-state index in [1.807, 2.05) is 17.5 Å². The van der Waals surface area contributed by atoms with E-state index >= 15 is 0 Å². The van der Waals surface area contributed by atoms with Gasteiger partial charge >= 0.3 is 6.09 Å². The van der Waals surface area contributed by atoms with Crippen molar-refractivity contribution in [2.45, 2.75) is 38.2 Å². The van der Waals surface area contributed by atoms with Gasteiger partial charge in [0.15, 0.2) is 0 Å². The summed E-state index contributed by atoms with van der Waals surface area (Å²) in [6.07, 6.45) is 6.17. The van der Waals surface area contributed by atoms with Crippen molar-refractivity contribution in [1.29, 1.82) is 5.26 Å². The Labute approximate surface area is 182 Å². The van der Waals surface area contributed by atoms with Crippen molar-refractivity contribution in [3.63, 3.8) is 0 Å². The highest BCUT2D eigenvalue weighted by atomic mass is 32.1. The normalized spacial score (nSPS) is 18.6. The van der Waals surface area contributed by atoms with Gasteiger partial charge in [0, 0.05) is 22.3 Å². The number of rotatable bonds is 4. The van der Waals surface area contributed by atoms with Gasteiger partial charge in [-0.3, -0.25) is 9.63 Å². The van der Waals surface area contributed by atoms with Crippen LogP contribution in [0.2, 0.25) is 0 Å². The number of carbonyl (C=O) groups excluding carboxylic acids is 2. The van der Waals surface area contributed by atoms with E-state index in [0.29, 0.717) is 43.0 Å². The Hall–Kier alpha value is -2.67. The molecule has 2 aromatic heterocycles. The van der Waals surface area contributed by atoms with Crippen LogP contribution >= 0.6 is 22.7 Å². The number of fused-ring (bicyclic) bond motifs is 1. The van der Waals surface area contributed by atoms with Crippen LogP contribution in [0.4, 0.5) is 9.80 Å². The number of carbonyl (C=O) groups is 2. The Morgan fingerprint density at radius 3 is 3.03 bits per heavy atom. The molecule has 30 heavy (non-hydrogen) atoms. The van der Waals surface area contributed by atoms with Gasteiger partial charge in [0.2, 0.25) is 5.91 Å². The van der Waals surface area contributed by atoms with E-state index in [4.69, 9.17) is 9.57 Å². The highest BCUT2D eigenvalue weighted by Gasteiger charge is 2.30. The summed E-state index contributed by atoms with van der Waals surface area (Å²) >= 11 is 2.93. The lowest BCUT2D eigenvalue weighted by molar-refractivity contribution is -0.161. The van der Waals surface area contributed by atoms with Crippen molar-refractivity contribution in [3.8, 4) is 6.07 Å². The van der Waals surface area contributed by atoms with Crippen molar-refractivity contribution in [1.82, 2.24) is 5.06 Å². The van der Waals surface area contributed by atoms with Gasteiger partial charge in [-0.25, -0.2) is 4.79 Å². The number of nitrogens with zero attached hydrogens (tertiary/aromatic N) is 2. The SMILES string of the molecule is N#Cc1c(NC(=O)/C=C/c2cccs2)sc2c1CCC(OC(=O)N1CCCCO1)C2. The van der Waals surface area contributed by atoms with Gasteiger partial charge in [0.05, 0.1) is 18.7 Å². The van der Waals surface area contributed by atoms with E-state index in [1.54, 1.807) is 17.4 Å². The number of thiophene rings is 2. The molecule has 0 radical (unpaired) electrons. The summed E-state index contributed by atoms with van der Waals surface area (Å²) in [4.78, 5) is 31.9. The predicted molar refractivity (Wildman–Crippen MR) is 115 cm³/mol. The molecule has 1 unspecified atom stereocenters. The second-order valence-corrected chi connectivity index (χ2v) is 9.13. The number of hydroxylamine groups is 2. The lowest BCUT2D eigenvalue weighted by atomic mass is 9.94. The van der Waals surface area contributed by atoms with Gasteiger partial charge in [0.1, 0.15) is 17.2 Å². The molecule has 7 nitrogen and oxygen atoms in total. The van der Waals surface area contributed by atoms with Crippen molar-refractivity contribution in [2.75, 3.05) is 18.5 Å². The zero-order valence-corrected chi connectivity index (χ0v) is 17.9. The number of ether oxygens (including phenoxy) is 1. The lowest BCUT2D eigenvalue weighted by Gasteiger charge is -2.28. The fourth-order valence-corrected chi connectivity index (χ4v) is 5.39. The van der Waals surface area contributed by atoms with Crippen LogP contribution < -0.4 is 5.32 Å². The number of hydrogen-bond acceptors (Lipinski definition) is 7. The van der Waals surface area contributed by atoms with Crippen LogP contribution in [0.15, 0.2) is 23.6 Å². The third-order valence-corrected chi connectivity index (χ3v) is 6.99. The minimum atomic E-state index is -0.451. The smallest absolute Gasteiger partial charge is 0.434 e. The van der Waals surface area contributed by atoms with E-state index in [9.17, 15) is 14.9 Å². The van der Waals surface area contributed by atoms with Crippen molar-refractivity contribution >= 4 is 45.8 Å². The van der Waals surface area contributed by atoms with E-state index < -0.39 is 6.09 Å². The standard InChI is InChI=1S/C21H21N3O4S2/c22-13-17-16-7-5-14(28-21(26)24-9-1-2-10-27-24)12-18(16)30-20(17)23-19(25)8-6-15-4-3-11-29-15/h3-4,6,8,11,14H,1-2,5,7,9-10,12H2,(H,23,25)/b8-6+. The third kappa shape index (κ3) is 4.73. The highest BCUT2D eigenvalue weighted by Crippen LogP contribution is 2.38. The van der Waals surface area contributed by atoms with Crippen LogP contribution in [0.3, 0.4) is 0 Å². The average Bonchev–Trinajstić information content (AvgIpc) is 3.39. The molecule has 1 aliphatic heterocycles. The molecule has 156 valence electrons. The minimum Gasteiger partial charge on any atom is -0.444 e. The number of nitrogens with one attached hydrogen (secondary N) is 1. The molecule has 1 atom stereocenters. The van der Waals surface area contributed by atoms with Crippen LogP contribution in [0.25, 0.3) is 6.08 Å².